The van der Waals surface area contributed by atoms with E-state index < -0.39 is 5.97 Å². The molecular weight excluding hydrogens is 338 g/mol. The predicted octanol–water partition coefficient (Wildman–Crippen LogP) is 3.61. The van der Waals surface area contributed by atoms with Crippen molar-refractivity contribution >= 4 is 33.9 Å². The van der Waals surface area contributed by atoms with Gasteiger partial charge < -0.3 is 14.5 Å². The molecule has 25 heavy (non-hydrogen) atoms. The van der Waals surface area contributed by atoms with Gasteiger partial charge in [0.25, 0.3) is 5.91 Å². The number of nitrogens with zero attached hydrogens (tertiary/aromatic N) is 2. The van der Waals surface area contributed by atoms with Crippen molar-refractivity contribution in [2.45, 2.75) is 27.2 Å². The molecule has 0 unspecified atom stereocenters. The van der Waals surface area contributed by atoms with Crippen molar-refractivity contribution in [3.05, 3.63) is 51.8 Å². The van der Waals surface area contributed by atoms with Crippen molar-refractivity contribution in [1.29, 1.82) is 0 Å². The molecule has 1 amide bonds. The number of esters is 1. The van der Waals surface area contributed by atoms with E-state index in [0.29, 0.717) is 16.1 Å². The fraction of sp³-hybridized carbons (Fsp3) is 0.278. The van der Waals surface area contributed by atoms with Gasteiger partial charge in [0.05, 0.1) is 23.9 Å². The van der Waals surface area contributed by atoms with Crippen LogP contribution in [0.3, 0.4) is 0 Å². The number of carbonyl (C=O) groups excluding carboxylic acids is 2. The number of ether oxygens (including phenoxy) is 1. The SMILES string of the molecule is CCc1nc2ccc(C(=O)Nc3sc(C)cc3C(=O)OC)cn2c1C. The topological polar surface area (TPSA) is 72.7 Å². The van der Waals surface area contributed by atoms with Crippen LogP contribution in [-0.2, 0) is 11.2 Å². The standard InChI is InChI=1S/C18H19N3O3S/c1-5-14-11(3)21-9-12(6-7-15(21)19-14)16(22)20-17-13(18(23)24-4)8-10(2)25-17/h6-9H,5H2,1-4H3,(H,20,22). The summed E-state index contributed by atoms with van der Waals surface area (Å²) in [5.74, 6) is -0.742. The summed E-state index contributed by atoms with van der Waals surface area (Å²) >= 11 is 1.34. The number of imidazole rings is 1. The summed E-state index contributed by atoms with van der Waals surface area (Å²) in [7, 11) is 1.32. The number of carbonyl (C=O) groups is 2. The molecule has 0 saturated heterocycles. The molecule has 6 nitrogen and oxygen atoms in total. The van der Waals surface area contributed by atoms with Gasteiger partial charge in [-0.1, -0.05) is 6.92 Å². The molecular formula is C18H19N3O3S. The van der Waals surface area contributed by atoms with Crippen molar-refractivity contribution in [2.75, 3.05) is 12.4 Å². The Morgan fingerprint density at radius 2 is 2.08 bits per heavy atom. The van der Waals surface area contributed by atoms with Gasteiger partial charge in [-0.25, -0.2) is 9.78 Å². The Balaban J connectivity index is 1.93. The highest BCUT2D eigenvalue weighted by atomic mass is 32.1. The Morgan fingerprint density at radius 3 is 2.76 bits per heavy atom. The first-order chi connectivity index (χ1) is 11.9. The zero-order valence-electron chi connectivity index (χ0n) is 14.5. The molecule has 0 aliphatic heterocycles. The molecule has 3 aromatic heterocycles. The number of aryl methyl sites for hydroxylation is 3. The lowest BCUT2D eigenvalue weighted by molar-refractivity contribution is 0.0602. The van der Waals surface area contributed by atoms with E-state index in [0.717, 1.165) is 28.3 Å². The van der Waals surface area contributed by atoms with E-state index in [1.165, 1.54) is 18.4 Å². The molecule has 0 bridgehead atoms. The van der Waals surface area contributed by atoms with Crippen LogP contribution < -0.4 is 5.32 Å². The van der Waals surface area contributed by atoms with Crippen LogP contribution in [0.5, 0.6) is 0 Å². The van der Waals surface area contributed by atoms with Crippen LogP contribution in [0.15, 0.2) is 24.4 Å². The number of fused-ring (bicyclic) bond motifs is 1. The number of hydrogen-bond donors (Lipinski definition) is 1. The van der Waals surface area contributed by atoms with Gasteiger partial charge in [-0.2, -0.15) is 0 Å². The first kappa shape index (κ1) is 17.2. The van der Waals surface area contributed by atoms with Crippen LogP contribution in [0, 0.1) is 13.8 Å². The lowest BCUT2D eigenvalue weighted by Crippen LogP contribution is -2.14. The van der Waals surface area contributed by atoms with E-state index in [4.69, 9.17) is 4.74 Å². The summed E-state index contributed by atoms with van der Waals surface area (Å²) in [5.41, 5.74) is 3.71. The minimum absolute atomic E-state index is 0.278. The molecule has 3 heterocycles. The third kappa shape index (κ3) is 3.15. The number of hydrogen-bond acceptors (Lipinski definition) is 5. The third-order valence-corrected chi connectivity index (χ3v) is 5.01. The Labute approximate surface area is 149 Å². The van der Waals surface area contributed by atoms with E-state index in [9.17, 15) is 9.59 Å². The van der Waals surface area contributed by atoms with Crippen LogP contribution >= 0.6 is 11.3 Å². The van der Waals surface area contributed by atoms with Gasteiger partial charge in [0.1, 0.15) is 10.6 Å². The highest BCUT2D eigenvalue weighted by Gasteiger charge is 2.18. The molecule has 7 heteroatoms. The van der Waals surface area contributed by atoms with Crippen molar-refractivity contribution in [3.8, 4) is 0 Å². The van der Waals surface area contributed by atoms with E-state index in [1.807, 2.05) is 24.3 Å². The number of methoxy groups -OCH3 is 1. The number of thiophene rings is 1. The van der Waals surface area contributed by atoms with Crippen molar-refractivity contribution in [1.82, 2.24) is 9.38 Å². The second kappa shape index (κ2) is 6.68. The number of amides is 1. The van der Waals surface area contributed by atoms with Crippen LogP contribution in [0.25, 0.3) is 5.65 Å². The van der Waals surface area contributed by atoms with E-state index >= 15 is 0 Å². The lowest BCUT2D eigenvalue weighted by atomic mass is 10.2. The van der Waals surface area contributed by atoms with Gasteiger partial charge in [0, 0.05) is 16.8 Å². The van der Waals surface area contributed by atoms with Crippen LogP contribution in [0.1, 0.15) is 43.9 Å². The third-order valence-electron chi connectivity index (χ3n) is 4.04. The number of nitrogens with one attached hydrogen (secondary N) is 1. The highest BCUT2D eigenvalue weighted by molar-refractivity contribution is 7.16. The van der Waals surface area contributed by atoms with E-state index in [1.54, 1.807) is 18.3 Å². The fourth-order valence-corrected chi connectivity index (χ4v) is 3.62. The van der Waals surface area contributed by atoms with Gasteiger partial charge in [-0.05, 0) is 38.5 Å². The monoisotopic (exact) mass is 357 g/mol. The number of anilines is 1. The Hall–Kier alpha value is -2.67. The largest absolute Gasteiger partial charge is 0.465 e. The maximum absolute atomic E-state index is 12.6. The van der Waals surface area contributed by atoms with E-state index in [-0.39, 0.29) is 5.91 Å². The molecule has 130 valence electrons. The lowest BCUT2D eigenvalue weighted by Gasteiger charge is -2.06. The second-order valence-corrected chi connectivity index (χ2v) is 6.95. The maximum Gasteiger partial charge on any atom is 0.340 e. The Kier molecular flexibility index (Phi) is 4.59. The average Bonchev–Trinajstić information content (AvgIpc) is 3.13. The van der Waals surface area contributed by atoms with Crippen molar-refractivity contribution < 1.29 is 14.3 Å². The van der Waals surface area contributed by atoms with Gasteiger partial charge in [-0.15, -0.1) is 11.3 Å². The summed E-state index contributed by atoms with van der Waals surface area (Å²) in [6.07, 6.45) is 2.61. The Bertz CT molecular complexity index is 972. The van der Waals surface area contributed by atoms with Crippen molar-refractivity contribution in [2.24, 2.45) is 0 Å². The number of aromatic nitrogens is 2. The van der Waals surface area contributed by atoms with Crippen LogP contribution in [0.4, 0.5) is 5.00 Å². The minimum Gasteiger partial charge on any atom is -0.465 e. The fourth-order valence-electron chi connectivity index (χ4n) is 2.72. The quantitative estimate of drug-likeness (QED) is 0.724. The predicted molar refractivity (Wildman–Crippen MR) is 97.7 cm³/mol. The summed E-state index contributed by atoms with van der Waals surface area (Å²) in [6.45, 7) is 5.91. The zero-order valence-corrected chi connectivity index (χ0v) is 15.4. The summed E-state index contributed by atoms with van der Waals surface area (Å²) in [5, 5.41) is 3.30. The highest BCUT2D eigenvalue weighted by Crippen LogP contribution is 2.28. The normalized spacial score (nSPS) is 10.9. The minimum atomic E-state index is -0.465. The molecule has 3 aromatic rings. The molecule has 1 N–H and O–H groups in total. The summed E-state index contributed by atoms with van der Waals surface area (Å²) < 4.78 is 6.68. The molecule has 0 aromatic carbocycles. The van der Waals surface area contributed by atoms with Gasteiger partial charge in [0.15, 0.2) is 0 Å². The molecule has 0 spiro atoms. The van der Waals surface area contributed by atoms with Crippen molar-refractivity contribution in [3.63, 3.8) is 0 Å². The summed E-state index contributed by atoms with van der Waals surface area (Å²) in [4.78, 5) is 29.9. The zero-order chi connectivity index (χ0) is 18.1. The Morgan fingerprint density at radius 1 is 1.32 bits per heavy atom. The molecule has 0 saturated carbocycles. The average molecular weight is 357 g/mol. The molecule has 0 aliphatic rings. The number of pyridine rings is 1. The van der Waals surface area contributed by atoms with Crippen LogP contribution in [-0.4, -0.2) is 28.4 Å². The molecule has 3 rings (SSSR count). The molecule has 0 radical (unpaired) electrons. The van der Waals surface area contributed by atoms with Gasteiger partial charge in [-0.3, -0.25) is 4.79 Å². The van der Waals surface area contributed by atoms with Gasteiger partial charge >= 0.3 is 5.97 Å². The first-order valence-corrected chi connectivity index (χ1v) is 8.74. The van der Waals surface area contributed by atoms with Crippen LogP contribution in [0.2, 0.25) is 0 Å². The number of rotatable bonds is 4. The summed E-state index contributed by atoms with van der Waals surface area (Å²) in [6, 6.07) is 5.26. The smallest absolute Gasteiger partial charge is 0.340 e. The van der Waals surface area contributed by atoms with Gasteiger partial charge in [0.2, 0.25) is 0 Å². The molecule has 0 atom stereocenters. The maximum atomic E-state index is 12.6. The molecule has 0 aliphatic carbocycles. The molecule has 0 fully saturated rings. The van der Waals surface area contributed by atoms with E-state index in [2.05, 4.69) is 17.2 Å². The second-order valence-electron chi connectivity index (χ2n) is 5.69. The first-order valence-electron chi connectivity index (χ1n) is 7.92.